The van der Waals surface area contributed by atoms with Crippen LogP contribution in [0, 0.1) is 6.92 Å². The molecule has 4 heteroatoms. The van der Waals surface area contributed by atoms with Gasteiger partial charge in [0.1, 0.15) is 0 Å². The highest BCUT2D eigenvalue weighted by Gasteiger charge is 2.38. The van der Waals surface area contributed by atoms with Crippen LogP contribution in [0.25, 0.3) is 0 Å². The van der Waals surface area contributed by atoms with E-state index in [0.29, 0.717) is 0 Å². The molecule has 0 unspecified atom stereocenters. The zero-order valence-corrected chi connectivity index (χ0v) is 18.9. The van der Waals surface area contributed by atoms with E-state index in [1.54, 1.807) is 0 Å². The van der Waals surface area contributed by atoms with Gasteiger partial charge in [0.25, 0.3) is 0 Å². The molecule has 0 bridgehead atoms. The molecule has 0 saturated heterocycles. The first-order valence-corrected chi connectivity index (χ1v) is 14.9. The molecule has 0 spiro atoms. The lowest BCUT2D eigenvalue weighted by Gasteiger charge is -2.39. The highest BCUT2D eigenvalue weighted by atomic mass is 28.4. The zero-order valence-electron chi connectivity index (χ0n) is 16.9. The Morgan fingerprint density at radius 3 is 1.29 bits per heavy atom. The van der Waals surface area contributed by atoms with Crippen molar-refractivity contribution in [3.8, 4) is 0 Å². The fraction of sp³-hybridized carbons (Fsp3) is 0.700. The van der Waals surface area contributed by atoms with Crippen LogP contribution in [-0.2, 0) is 8.85 Å². The van der Waals surface area contributed by atoms with E-state index < -0.39 is 16.6 Å². The molecule has 0 amide bonds. The topological polar surface area (TPSA) is 18.5 Å². The second kappa shape index (κ2) is 9.90. The summed E-state index contributed by atoms with van der Waals surface area (Å²) in [5.74, 6) is 0. The van der Waals surface area contributed by atoms with Crippen molar-refractivity contribution in [1.82, 2.24) is 0 Å². The molecular formula is C20H38O2Si2. The molecule has 2 nitrogen and oxygen atoms in total. The van der Waals surface area contributed by atoms with Crippen LogP contribution in [-0.4, -0.2) is 16.6 Å². The van der Waals surface area contributed by atoms with Crippen LogP contribution in [0.3, 0.4) is 0 Å². The van der Waals surface area contributed by atoms with Crippen LogP contribution in [0.1, 0.15) is 59.0 Å². The minimum absolute atomic E-state index is 0.177. The molecule has 0 aliphatic rings. The smallest absolute Gasteiger partial charge is 0.195 e. The van der Waals surface area contributed by atoms with E-state index in [1.165, 1.54) is 11.1 Å². The molecule has 0 fully saturated rings. The Kier molecular flexibility index (Phi) is 8.92. The monoisotopic (exact) mass is 366 g/mol. The minimum Gasteiger partial charge on any atom is -0.389 e. The SMILES string of the molecule is CC[Si](CC)(CC)OC(O[Si](CC)(CC)CC)c1ccc(C)cc1. The maximum Gasteiger partial charge on any atom is 0.195 e. The molecule has 0 heterocycles. The average Bonchev–Trinajstić information content (AvgIpc) is 2.64. The van der Waals surface area contributed by atoms with E-state index in [9.17, 15) is 0 Å². The first kappa shape index (κ1) is 21.6. The van der Waals surface area contributed by atoms with Gasteiger partial charge in [0.15, 0.2) is 22.9 Å². The van der Waals surface area contributed by atoms with E-state index in [-0.39, 0.29) is 6.29 Å². The minimum atomic E-state index is -1.72. The van der Waals surface area contributed by atoms with Gasteiger partial charge in [-0.05, 0) is 43.2 Å². The second-order valence-electron chi connectivity index (χ2n) is 6.97. The lowest BCUT2D eigenvalue weighted by Crippen LogP contribution is -2.43. The molecule has 1 rings (SSSR count). The van der Waals surface area contributed by atoms with Crippen LogP contribution in [0.15, 0.2) is 24.3 Å². The van der Waals surface area contributed by atoms with Crippen LogP contribution in [0.4, 0.5) is 0 Å². The molecule has 1 aromatic carbocycles. The van der Waals surface area contributed by atoms with Crippen LogP contribution < -0.4 is 0 Å². The van der Waals surface area contributed by atoms with E-state index in [4.69, 9.17) is 8.85 Å². The van der Waals surface area contributed by atoms with Crippen molar-refractivity contribution < 1.29 is 8.85 Å². The fourth-order valence-electron chi connectivity index (χ4n) is 3.34. The van der Waals surface area contributed by atoms with Crippen molar-refractivity contribution in [2.75, 3.05) is 0 Å². The van der Waals surface area contributed by atoms with Gasteiger partial charge >= 0.3 is 0 Å². The summed E-state index contributed by atoms with van der Waals surface area (Å²) in [5, 5.41) is 0. The van der Waals surface area contributed by atoms with Crippen molar-refractivity contribution in [2.45, 2.75) is 91.0 Å². The van der Waals surface area contributed by atoms with Gasteiger partial charge < -0.3 is 8.85 Å². The molecule has 24 heavy (non-hydrogen) atoms. The zero-order chi connectivity index (χ0) is 18.2. The number of rotatable bonds is 11. The van der Waals surface area contributed by atoms with Gasteiger partial charge in [-0.2, -0.15) is 0 Å². The standard InChI is InChI=1S/C20H38O2Si2/c1-8-23(9-2,10-3)21-20(19-16-14-18(7)15-17-19)22-24(11-4,12-5)13-6/h14-17,20H,8-13H2,1-7H3. The van der Waals surface area contributed by atoms with E-state index in [2.05, 4.69) is 72.7 Å². The quantitative estimate of drug-likeness (QED) is 0.309. The molecule has 0 N–H and O–H groups in total. The molecule has 0 aromatic heterocycles. The Morgan fingerprint density at radius 2 is 1.00 bits per heavy atom. The van der Waals surface area contributed by atoms with Crippen LogP contribution in [0.2, 0.25) is 36.3 Å². The third-order valence-corrected chi connectivity index (χ3v) is 15.1. The molecule has 0 aliphatic carbocycles. The third-order valence-electron chi connectivity index (χ3n) is 5.93. The van der Waals surface area contributed by atoms with E-state index in [0.717, 1.165) is 36.3 Å². The van der Waals surface area contributed by atoms with Gasteiger partial charge in [-0.1, -0.05) is 71.4 Å². The van der Waals surface area contributed by atoms with Gasteiger partial charge in [-0.25, -0.2) is 0 Å². The van der Waals surface area contributed by atoms with Crippen LogP contribution >= 0.6 is 0 Å². The lowest BCUT2D eigenvalue weighted by molar-refractivity contribution is -0.0158. The number of benzene rings is 1. The Bertz CT molecular complexity index is 427. The van der Waals surface area contributed by atoms with Gasteiger partial charge in [0, 0.05) is 5.56 Å². The van der Waals surface area contributed by atoms with Gasteiger partial charge in [-0.15, -0.1) is 0 Å². The van der Waals surface area contributed by atoms with Crippen LogP contribution in [0.5, 0.6) is 0 Å². The molecule has 0 saturated carbocycles. The third kappa shape index (κ3) is 5.28. The summed E-state index contributed by atoms with van der Waals surface area (Å²) in [6.07, 6.45) is -0.177. The van der Waals surface area contributed by atoms with E-state index >= 15 is 0 Å². The maximum atomic E-state index is 6.82. The number of hydrogen-bond donors (Lipinski definition) is 0. The first-order valence-electron chi connectivity index (χ1n) is 9.85. The Hall–Kier alpha value is -0.426. The van der Waals surface area contributed by atoms with Gasteiger partial charge in [0.05, 0.1) is 0 Å². The van der Waals surface area contributed by atoms with Crippen molar-refractivity contribution in [3.05, 3.63) is 35.4 Å². The summed E-state index contributed by atoms with van der Waals surface area (Å²) in [6.45, 7) is 15.9. The number of hydrogen-bond acceptors (Lipinski definition) is 2. The predicted octanol–water partition coefficient (Wildman–Crippen LogP) is 7.04. The van der Waals surface area contributed by atoms with Gasteiger partial charge in [-0.3, -0.25) is 0 Å². The highest BCUT2D eigenvalue weighted by Crippen LogP contribution is 2.35. The summed E-state index contributed by atoms with van der Waals surface area (Å²) in [7, 11) is -3.44. The van der Waals surface area contributed by atoms with Gasteiger partial charge in [0.2, 0.25) is 0 Å². The lowest BCUT2D eigenvalue weighted by atomic mass is 10.1. The average molecular weight is 367 g/mol. The Labute approximate surface area is 152 Å². The Morgan fingerprint density at radius 1 is 0.667 bits per heavy atom. The molecule has 0 atom stereocenters. The van der Waals surface area contributed by atoms with Crippen molar-refractivity contribution >= 4 is 16.6 Å². The van der Waals surface area contributed by atoms with E-state index in [1.807, 2.05) is 0 Å². The molecule has 138 valence electrons. The largest absolute Gasteiger partial charge is 0.389 e. The molecule has 0 aliphatic heterocycles. The Balaban J connectivity index is 3.18. The summed E-state index contributed by atoms with van der Waals surface area (Å²) in [6, 6.07) is 15.7. The van der Waals surface area contributed by atoms with Crippen molar-refractivity contribution in [3.63, 3.8) is 0 Å². The molecule has 0 radical (unpaired) electrons. The van der Waals surface area contributed by atoms with Crippen molar-refractivity contribution in [1.29, 1.82) is 0 Å². The maximum absolute atomic E-state index is 6.82. The molecule has 1 aromatic rings. The van der Waals surface area contributed by atoms with Crippen molar-refractivity contribution in [2.24, 2.45) is 0 Å². The second-order valence-corrected chi connectivity index (χ2v) is 16.4. The normalized spacial score (nSPS) is 12.8. The summed E-state index contributed by atoms with van der Waals surface area (Å²) >= 11 is 0. The summed E-state index contributed by atoms with van der Waals surface area (Å²) in [5.41, 5.74) is 2.48. The predicted molar refractivity (Wildman–Crippen MR) is 110 cm³/mol. The molecular weight excluding hydrogens is 328 g/mol. The summed E-state index contributed by atoms with van der Waals surface area (Å²) in [4.78, 5) is 0. The highest BCUT2D eigenvalue weighted by molar-refractivity contribution is 6.74. The first-order chi connectivity index (χ1) is 11.4. The summed E-state index contributed by atoms with van der Waals surface area (Å²) < 4.78 is 13.6. The number of aryl methyl sites for hydroxylation is 1. The fourth-order valence-corrected chi connectivity index (χ4v) is 8.71.